The van der Waals surface area contributed by atoms with Gasteiger partial charge in [-0.1, -0.05) is 0 Å². The molecule has 0 spiro atoms. The van der Waals surface area contributed by atoms with Gasteiger partial charge in [-0.3, -0.25) is 0 Å². The Morgan fingerprint density at radius 3 is 2.56 bits per heavy atom. The molecule has 8 heteroatoms. The van der Waals surface area contributed by atoms with E-state index in [1.807, 2.05) is 0 Å². The number of alkyl halides is 4. The predicted molar refractivity (Wildman–Crippen MR) is 58.5 cm³/mol. The molecular formula is C10H8ClF3N4. The quantitative estimate of drug-likeness (QED) is 0.792. The highest BCUT2D eigenvalue weighted by molar-refractivity contribution is 6.17. The predicted octanol–water partition coefficient (Wildman–Crippen LogP) is 2.73. The minimum atomic E-state index is -4.43. The van der Waals surface area contributed by atoms with Crippen molar-refractivity contribution >= 4 is 11.6 Å². The topological polar surface area (TPSA) is 43.6 Å². The molecule has 0 aliphatic carbocycles. The maximum absolute atomic E-state index is 12.4. The molecule has 0 unspecified atom stereocenters. The number of aryl methyl sites for hydroxylation is 1. The van der Waals surface area contributed by atoms with Gasteiger partial charge in [0.2, 0.25) is 0 Å². The number of halogens is 4. The molecule has 4 nitrogen and oxygen atoms in total. The first kappa shape index (κ1) is 12.8. The smallest absolute Gasteiger partial charge is 0.219 e. The van der Waals surface area contributed by atoms with Crippen molar-refractivity contribution in [2.75, 3.05) is 0 Å². The third-order valence-electron chi connectivity index (χ3n) is 2.33. The average Bonchev–Trinajstić information content (AvgIpc) is 2.77. The molecule has 2 aromatic heterocycles. The lowest BCUT2D eigenvalue weighted by Crippen LogP contribution is -2.06. The summed E-state index contributed by atoms with van der Waals surface area (Å²) in [5.74, 6) is 0.329. The Kier molecular flexibility index (Phi) is 3.25. The molecule has 0 saturated heterocycles. The summed E-state index contributed by atoms with van der Waals surface area (Å²) >= 11 is 5.64. The summed E-state index contributed by atoms with van der Waals surface area (Å²) in [6, 6.07) is 0. The first-order valence-electron chi connectivity index (χ1n) is 4.92. The van der Waals surface area contributed by atoms with Crippen LogP contribution in [0.15, 0.2) is 18.6 Å². The molecule has 2 heterocycles. The molecule has 2 rings (SSSR count). The molecule has 18 heavy (non-hydrogen) atoms. The Bertz CT molecular complexity index is 564. The van der Waals surface area contributed by atoms with Gasteiger partial charge in [-0.05, 0) is 6.92 Å². The fourth-order valence-corrected chi connectivity index (χ4v) is 1.56. The number of rotatable bonds is 2. The van der Waals surface area contributed by atoms with Crippen molar-refractivity contribution in [1.82, 2.24) is 19.7 Å². The second kappa shape index (κ2) is 4.56. The molecule has 0 aliphatic rings. The molecule has 2 aromatic rings. The molecular weight excluding hydrogens is 269 g/mol. The van der Waals surface area contributed by atoms with Crippen LogP contribution in [0.1, 0.15) is 16.8 Å². The molecule has 0 aromatic carbocycles. The zero-order valence-electron chi connectivity index (χ0n) is 9.24. The third-order valence-corrected chi connectivity index (χ3v) is 2.62. The zero-order chi connectivity index (χ0) is 13.3. The Morgan fingerprint density at radius 2 is 2.06 bits per heavy atom. The van der Waals surface area contributed by atoms with Gasteiger partial charge in [0.05, 0.1) is 17.6 Å². The van der Waals surface area contributed by atoms with Crippen LogP contribution >= 0.6 is 11.6 Å². The van der Waals surface area contributed by atoms with Crippen molar-refractivity contribution in [2.45, 2.75) is 19.0 Å². The summed E-state index contributed by atoms with van der Waals surface area (Å²) in [6.07, 6.45) is -1.38. The Balaban J connectivity index is 2.38. The Morgan fingerprint density at radius 1 is 1.33 bits per heavy atom. The van der Waals surface area contributed by atoms with Crippen molar-refractivity contribution in [3.8, 4) is 5.95 Å². The highest BCUT2D eigenvalue weighted by atomic mass is 35.5. The lowest BCUT2D eigenvalue weighted by Gasteiger charge is -2.04. The van der Waals surface area contributed by atoms with E-state index < -0.39 is 11.7 Å². The normalized spacial score (nSPS) is 11.8. The number of hydrogen-bond acceptors (Lipinski definition) is 3. The summed E-state index contributed by atoms with van der Waals surface area (Å²) in [4.78, 5) is 7.96. The van der Waals surface area contributed by atoms with E-state index in [1.165, 1.54) is 6.20 Å². The SMILES string of the molecule is Cc1nc(-n2cc(C(F)(F)F)cn2)ncc1CCl. The zero-order valence-corrected chi connectivity index (χ0v) is 10.00. The van der Waals surface area contributed by atoms with Gasteiger partial charge in [0.25, 0.3) is 5.95 Å². The van der Waals surface area contributed by atoms with Gasteiger partial charge in [0.15, 0.2) is 0 Å². The molecule has 0 aliphatic heterocycles. The fraction of sp³-hybridized carbons (Fsp3) is 0.300. The molecule has 96 valence electrons. The van der Waals surface area contributed by atoms with Crippen molar-refractivity contribution in [3.63, 3.8) is 0 Å². The lowest BCUT2D eigenvalue weighted by molar-refractivity contribution is -0.137. The standard InChI is InChI=1S/C10H8ClF3N4/c1-6-7(2-11)3-15-9(17-6)18-5-8(4-16-18)10(12,13)14/h3-5H,2H2,1H3. The number of hydrogen-bond donors (Lipinski definition) is 0. The number of nitrogens with zero attached hydrogens (tertiary/aromatic N) is 4. The van der Waals surface area contributed by atoms with E-state index in [9.17, 15) is 13.2 Å². The molecule has 0 atom stereocenters. The third kappa shape index (κ3) is 2.45. The van der Waals surface area contributed by atoms with Gasteiger partial charge in [-0.25, -0.2) is 14.6 Å². The lowest BCUT2D eigenvalue weighted by atomic mass is 10.3. The van der Waals surface area contributed by atoms with Crippen LogP contribution in [0.25, 0.3) is 5.95 Å². The van der Waals surface area contributed by atoms with Crippen LogP contribution in [0.2, 0.25) is 0 Å². The van der Waals surface area contributed by atoms with Gasteiger partial charge in [-0.2, -0.15) is 18.3 Å². The van der Waals surface area contributed by atoms with Crippen LogP contribution < -0.4 is 0 Å². The molecule has 0 fully saturated rings. The van der Waals surface area contributed by atoms with Gasteiger partial charge >= 0.3 is 6.18 Å². The van der Waals surface area contributed by atoms with Crippen LogP contribution in [-0.4, -0.2) is 19.7 Å². The Labute approximate surface area is 105 Å². The monoisotopic (exact) mass is 276 g/mol. The summed E-state index contributed by atoms with van der Waals surface area (Å²) in [6.45, 7) is 1.71. The van der Waals surface area contributed by atoms with E-state index in [-0.39, 0.29) is 11.8 Å². The van der Waals surface area contributed by atoms with E-state index in [1.54, 1.807) is 6.92 Å². The van der Waals surface area contributed by atoms with Crippen LogP contribution in [0.5, 0.6) is 0 Å². The van der Waals surface area contributed by atoms with E-state index in [0.717, 1.165) is 22.6 Å². The van der Waals surface area contributed by atoms with Crippen LogP contribution in [0, 0.1) is 6.92 Å². The van der Waals surface area contributed by atoms with Gasteiger partial charge < -0.3 is 0 Å². The van der Waals surface area contributed by atoms with Crippen molar-refractivity contribution < 1.29 is 13.2 Å². The van der Waals surface area contributed by atoms with Crippen molar-refractivity contribution in [2.24, 2.45) is 0 Å². The Hall–Kier alpha value is -1.63. The largest absolute Gasteiger partial charge is 0.419 e. The fourth-order valence-electron chi connectivity index (χ4n) is 1.30. The summed E-state index contributed by atoms with van der Waals surface area (Å²) in [5, 5.41) is 3.59. The van der Waals surface area contributed by atoms with Crippen LogP contribution in [0.3, 0.4) is 0 Å². The molecule has 0 N–H and O–H groups in total. The van der Waals surface area contributed by atoms with Crippen LogP contribution in [-0.2, 0) is 12.1 Å². The van der Waals surface area contributed by atoms with Crippen molar-refractivity contribution in [3.05, 3.63) is 35.4 Å². The van der Waals surface area contributed by atoms with Gasteiger partial charge in [0.1, 0.15) is 0 Å². The van der Waals surface area contributed by atoms with E-state index >= 15 is 0 Å². The molecule has 0 saturated carbocycles. The van der Waals surface area contributed by atoms with E-state index in [2.05, 4.69) is 15.1 Å². The van der Waals surface area contributed by atoms with E-state index in [0.29, 0.717) is 5.69 Å². The van der Waals surface area contributed by atoms with Crippen molar-refractivity contribution in [1.29, 1.82) is 0 Å². The molecule has 0 radical (unpaired) electrons. The first-order valence-corrected chi connectivity index (χ1v) is 5.46. The second-order valence-electron chi connectivity index (χ2n) is 3.59. The van der Waals surface area contributed by atoms with Gasteiger partial charge in [0, 0.05) is 23.7 Å². The highest BCUT2D eigenvalue weighted by Gasteiger charge is 2.32. The van der Waals surface area contributed by atoms with E-state index in [4.69, 9.17) is 11.6 Å². The summed E-state index contributed by atoms with van der Waals surface area (Å²) in [5.41, 5.74) is 0.493. The minimum Gasteiger partial charge on any atom is -0.219 e. The molecule has 0 amide bonds. The summed E-state index contributed by atoms with van der Waals surface area (Å²) in [7, 11) is 0. The maximum atomic E-state index is 12.4. The molecule has 0 bridgehead atoms. The van der Waals surface area contributed by atoms with Gasteiger partial charge in [-0.15, -0.1) is 11.6 Å². The average molecular weight is 277 g/mol. The number of aromatic nitrogens is 4. The minimum absolute atomic E-state index is 0.0804. The highest BCUT2D eigenvalue weighted by Crippen LogP contribution is 2.28. The summed E-state index contributed by atoms with van der Waals surface area (Å²) < 4.78 is 38.2. The first-order chi connectivity index (χ1) is 8.41. The van der Waals surface area contributed by atoms with Crippen LogP contribution in [0.4, 0.5) is 13.2 Å². The maximum Gasteiger partial charge on any atom is 0.419 e. The second-order valence-corrected chi connectivity index (χ2v) is 3.85.